The molecule has 3 rings (SSSR count). The highest BCUT2D eigenvalue weighted by Crippen LogP contribution is 2.22. The van der Waals surface area contributed by atoms with Crippen molar-refractivity contribution in [2.45, 2.75) is 37.2 Å². The number of hydrogen-bond donors (Lipinski definition) is 2. The van der Waals surface area contributed by atoms with E-state index in [9.17, 15) is 18.0 Å². The van der Waals surface area contributed by atoms with E-state index in [0.29, 0.717) is 11.4 Å². The summed E-state index contributed by atoms with van der Waals surface area (Å²) < 4.78 is 32.4. The smallest absolute Gasteiger partial charge is 0.243 e. The van der Waals surface area contributed by atoms with Gasteiger partial charge in [-0.1, -0.05) is 0 Å². The monoisotopic (exact) mass is 391 g/mol. The molecule has 0 spiro atoms. The van der Waals surface area contributed by atoms with E-state index < -0.39 is 10.0 Å². The molecular formula is C18H21N3O5S. The van der Waals surface area contributed by atoms with Gasteiger partial charge in [0.25, 0.3) is 0 Å². The Balaban J connectivity index is 1.81. The summed E-state index contributed by atoms with van der Waals surface area (Å²) in [5, 5.41) is 5.38. The third-order valence-electron chi connectivity index (χ3n) is 3.99. The number of rotatable bonds is 8. The third-order valence-corrected chi connectivity index (χ3v) is 5.79. The third kappa shape index (κ3) is 5.18. The van der Waals surface area contributed by atoms with Crippen molar-refractivity contribution in [3.63, 3.8) is 0 Å². The van der Waals surface area contributed by atoms with Crippen LogP contribution in [0.3, 0.4) is 0 Å². The Hall–Kier alpha value is -2.65. The molecule has 1 saturated carbocycles. The van der Waals surface area contributed by atoms with Crippen LogP contribution in [0.1, 0.15) is 25.5 Å². The lowest BCUT2D eigenvalue weighted by Crippen LogP contribution is -2.40. The Labute approximate surface area is 157 Å². The van der Waals surface area contributed by atoms with Crippen molar-refractivity contribution in [1.82, 2.24) is 9.62 Å². The van der Waals surface area contributed by atoms with E-state index in [0.717, 1.165) is 17.1 Å². The first kappa shape index (κ1) is 19.1. The SMILES string of the molecule is CC(=O)Nc1ccc(S(=O)(=O)N(CC(=O)NC2CC2)Cc2ccco2)cc1. The molecule has 0 atom stereocenters. The highest BCUT2D eigenvalue weighted by Gasteiger charge is 2.30. The first-order valence-electron chi connectivity index (χ1n) is 8.54. The fraction of sp³-hybridized carbons (Fsp3) is 0.333. The van der Waals surface area contributed by atoms with Gasteiger partial charge in [0.05, 0.1) is 24.2 Å². The van der Waals surface area contributed by atoms with Crippen LogP contribution in [0.15, 0.2) is 52.0 Å². The lowest BCUT2D eigenvalue weighted by molar-refractivity contribution is -0.121. The minimum Gasteiger partial charge on any atom is -0.468 e. The normalized spacial score (nSPS) is 14.1. The molecular weight excluding hydrogens is 370 g/mol. The summed E-state index contributed by atoms with van der Waals surface area (Å²) >= 11 is 0. The number of furan rings is 1. The second-order valence-corrected chi connectivity index (χ2v) is 8.34. The molecule has 1 fully saturated rings. The van der Waals surface area contributed by atoms with Gasteiger partial charge in [-0.25, -0.2) is 8.42 Å². The van der Waals surface area contributed by atoms with Crippen LogP contribution >= 0.6 is 0 Å². The second kappa shape index (κ2) is 7.93. The molecule has 0 saturated heterocycles. The van der Waals surface area contributed by atoms with Crippen LogP contribution < -0.4 is 10.6 Å². The first-order chi connectivity index (χ1) is 12.8. The molecule has 1 aliphatic rings. The predicted molar refractivity (Wildman–Crippen MR) is 98.2 cm³/mol. The van der Waals surface area contributed by atoms with E-state index in [-0.39, 0.29) is 35.8 Å². The highest BCUT2D eigenvalue weighted by atomic mass is 32.2. The van der Waals surface area contributed by atoms with Gasteiger partial charge in [-0.3, -0.25) is 9.59 Å². The maximum atomic E-state index is 13.0. The van der Waals surface area contributed by atoms with Gasteiger partial charge in [-0.2, -0.15) is 4.31 Å². The highest BCUT2D eigenvalue weighted by molar-refractivity contribution is 7.89. The van der Waals surface area contributed by atoms with Gasteiger partial charge in [0.15, 0.2) is 0 Å². The Kier molecular flexibility index (Phi) is 5.62. The standard InChI is InChI=1S/C18H21N3O5S/c1-13(22)19-14-6-8-17(9-7-14)27(24,25)21(11-16-3-2-10-26-16)12-18(23)20-15-4-5-15/h2-3,6-10,15H,4-5,11-12H2,1H3,(H,19,22)(H,20,23). The molecule has 0 bridgehead atoms. The number of carbonyl (C=O) groups excluding carboxylic acids is 2. The summed E-state index contributed by atoms with van der Waals surface area (Å²) in [6.45, 7) is 1.02. The van der Waals surface area contributed by atoms with Crippen molar-refractivity contribution in [2.24, 2.45) is 0 Å². The molecule has 0 radical (unpaired) electrons. The molecule has 0 aliphatic heterocycles. The van der Waals surface area contributed by atoms with Crippen LogP contribution in [0.5, 0.6) is 0 Å². The summed E-state index contributed by atoms with van der Waals surface area (Å²) in [5.41, 5.74) is 0.491. The minimum absolute atomic E-state index is 0.0300. The molecule has 2 aromatic rings. The number of amides is 2. The summed E-state index contributed by atoms with van der Waals surface area (Å²) in [7, 11) is -3.93. The second-order valence-electron chi connectivity index (χ2n) is 6.40. The Morgan fingerprint density at radius 1 is 1.19 bits per heavy atom. The van der Waals surface area contributed by atoms with E-state index in [1.165, 1.54) is 37.5 Å². The van der Waals surface area contributed by atoms with Crippen LogP contribution in [-0.4, -0.2) is 37.1 Å². The van der Waals surface area contributed by atoms with Gasteiger partial charge in [0, 0.05) is 18.7 Å². The number of hydrogen-bond acceptors (Lipinski definition) is 5. The summed E-state index contributed by atoms with van der Waals surface area (Å²) in [4.78, 5) is 23.3. The number of anilines is 1. The molecule has 27 heavy (non-hydrogen) atoms. The summed E-state index contributed by atoms with van der Waals surface area (Å²) in [5.74, 6) is -0.156. The van der Waals surface area contributed by atoms with Gasteiger partial charge in [0.2, 0.25) is 21.8 Å². The van der Waals surface area contributed by atoms with Gasteiger partial charge < -0.3 is 15.1 Å². The van der Waals surface area contributed by atoms with Gasteiger partial charge >= 0.3 is 0 Å². The lowest BCUT2D eigenvalue weighted by atomic mass is 10.3. The van der Waals surface area contributed by atoms with E-state index >= 15 is 0 Å². The fourth-order valence-corrected chi connectivity index (χ4v) is 3.89. The number of benzene rings is 1. The quantitative estimate of drug-likeness (QED) is 0.712. The van der Waals surface area contributed by atoms with Gasteiger partial charge in [0.1, 0.15) is 5.76 Å². The Morgan fingerprint density at radius 2 is 1.89 bits per heavy atom. The zero-order chi connectivity index (χ0) is 19.4. The molecule has 1 aromatic carbocycles. The molecule has 2 amide bonds. The average Bonchev–Trinajstić information content (AvgIpc) is 3.26. The fourth-order valence-electron chi connectivity index (χ4n) is 2.53. The molecule has 1 aromatic heterocycles. The number of carbonyl (C=O) groups is 2. The largest absolute Gasteiger partial charge is 0.468 e. The molecule has 8 nitrogen and oxygen atoms in total. The van der Waals surface area contributed by atoms with E-state index in [1.807, 2.05) is 0 Å². The summed E-state index contributed by atoms with van der Waals surface area (Å²) in [6.07, 6.45) is 3.29. The van der Waals surface area contributed by atoms with Crippen LogP contribution in [0.2, 0.25) is 0 Å². The van der Waals surface area contributed by atoms with Crippen LogP contribution in [0.4, 0.5) is 5.69 Å². The number of nitrogens with one attached hydrogen (secondary N) is 2. The topological polar surface area (TPSA) is 109 Å². The van der Waals surface area contributed by atoms with Crippen molar-refractivity contribution in [2.75, 3.05) is 11.9 Å². The van der Waals surface area contributed by atoms with Crippen molar-refractivity contribution in [3.8, 4) is 0 Å². The van der Waals surface area contributed by atoms with Crippen molar-refractivity contribution >= 4 is 27.5 Å². The lowest BCUT2D eigenvalue weighted by Gasteiger charge is -2.21. The molecule has 9 heteroatoms. The molecule has 2 N–H and O–H groups in total. The number of nitrogens with zero attached hydrogens (tertiary/aromatic N) is 1. The maximum absolute atomic E-state index is 13.0. The minimum atomic E-state index is -3.93. The van der Waals surface area contributed by atoms with Crippen LogP contribution in [0, 0.1) is 0 Å². The zero-order valence-corrected chi connectivity index (χ0v) is 15.7. The van der Waals surface area contributed by atoms with Crippen LogP contribution in [-0.2, 0) is 26.2 Å². The number of sulfonamides is 1. The molecule has 144 valence electrons. The van der Waals surface area contributed by atoms with E-state index in [1.54, 1.807) is 12.1 Å². The van der Waals surface area contributed by atoms with Crippen LogP contribution in [0.25, 0.3) is 0 Å². The van der Waals surface area contributed by atoms with Crippen molar-refractivity contribution < 1.29 is 22.4 Å². The average molecular weight is 391 g/mol. The maximum Gasteiger partial charge on any atom is 0.243 e. The van der Waals surface area contributed by atoms with E-state index in [4.69, 9.17) is 4.42 Å². The zero-order valence-electron chi connectivity index (χ0n) is 14.8. The van der Waals surface area contributed by atoms with Crippen molar-refractivity contribution in [1.29, 1.82) is 0 Å². The summed E-state index contributed by atoms with van der Waals surface area (Å²) in [6, 6.07) is 9.26. The van der Waals surface area contributed by atoms with E-state index in [2.05, 4.69) is 10.6 Å². The van der Waals surface area contributed by atoms with Crippen molar-refractivity contribution in [3.05, 3.63) is 48.4 Å². The predicted octanol–water partition coefficient (Wildman–Crippen LogP) is 1.71. The first-order valence-corrected chi connectivity index (χ1v) is 9.98. The Morgan fingerprint density at radius 3 is 2.44 bits per heavy atom. The van der Waals surface area contributed by atoms with Gasteiger partial charge in [-0.15, -0.1) is 0 Å². The molecule has 1 heterocycles. The molecule has 0 unspecified atom stereocenters. The van der Waals surface area contributed by atoms with Gasteiger partial charge in [-0.05, 0) is 49.2 Å². The Bertz CT molecular complexity index is 903. The molecule has 1 aliphatic carbocycles.